The maximum absolute atomic E-state index is 8.57. The number of rotatable bonds is 2. The van der Waals surface area contributed by atoms with E-state index in [-0.39, 0.29) is 0 Å². The van der Waals surface area contributed by atoms with Gasteiger partial charge < -0.3 is 0 Å². The van der Waals surface area contributed by atoms with E-state index < -0.39 is 0 Å². The smallest absolute Gasteiger partial charge is 0.0695 e. The average Bonchev–Trinajstić information content (AvgIpc) is 2.61. The van der Waals surface area contributed by atoms with Crippen molar-refractivity contribution in [3.05, 3.63) is 21.4 Å². The Labute approximate surface area is 83.0 Å². The molecule has 1 aliphatic rings. The molecule has 0 N–H and O–H groups in total. The topological polar surface area (TPSA) is 23.8 Å². The summed E-state index contributed by atoms with van der Waals surface area (Å²) >= 11 is 1.84. The fraction of sp³-hybridized carbons (Fsp3) is 0.545. The first-order valence-electron chi connectivity index (χ1n) is 4.81. The molecule has 0 saturated heterocycles. The summed E-state index contributed by atoms with van der Waals surface area (Å²) in [5, 5.41) is 8.57. The number of nitrogens with zero attached hydrogens (tertiary/aromatic N) is 1. The van der Waals surface area contributed by atoms with E-state index in [1.165, 1.54) is 34.6 Å². The maximum Gasteiger partial charge on any atom is 0.0695 e. The van der Waals surface area contributed by atoms with Crippen molar-refractivity contribution in [2.45, 2.75) is 32.6 Å². The molecule has 0 amide bonds. The molecule has 1 heterocycles. The highest BCUT2D eigenvalue weighted by molar-refractivity contribution is 7.12. The maximum atomic E-state index is 8.57. The van der Waals surface area contributed by atoms with E-state index in [1.54, 1.807) is 0 Å². The van der Waals surface area contributed by atoms with Gasteiger partial charge in [-0.05, 0) is 30.4 Å². The second-order valence-electron chi connectivity index (χ2n) is 3.68. The highest BCUT2D eigenvalue weighted by atomic mass is 32.1. The highest BCUT2D eigenvalue weighted by Crippen LogP contribution is 2.35. The van der Waals surface area contributed by atoms with E-state index >= 15 is 0 Å². The summed E-state index contributed by atoms with van der Waals surface area (Å²) in [5.41, 5.74) is 1.52. The normalized spacial score (nSPS) is 19.8. The Kier molecular flexibility index (Phi) is 2.37. The Balaban J connectivity index is 2.15. The quantitative estimate of drug-likeness (QED) is 0.705. The highest BCUT2D eigenvalue weighted by Gasteiger charge is 2.22. The summed E-state index contributed by atoms with van der Waals surface area (Å²) in [5.74, 6) is 0.873. The van der Waals surface area contributed by atoms with Gasteiger partial charge in [-0.1, -0.05) is 13.3 Å². The summed E-state index contributed by atoms with van der Waals surface area (Å²) < 4.78 is 0. The van der Waals surface area contributed by atoms with Crippen LogP contribution in [0, 0.1) is 17.2 Å². The van der Waals surface area contributed by atoms with Gasteiger partial charge in [0, 0.05) is 9.75 Å². The van der Waals surface area contributed by atoms with Gasteiger partial charge >= 0.3 is 0 Å². The van der Waals surface area contributed by atoms with Crippen LogP contribution in [-0.4, -0.2) is 0 Å². The van der Waals surface area contributed by atoms with Gasteiger partial charge in [-0.15, -0.1) is 11.3 Å². The molecule has 1 aliphatic carbocycles. The number of nitriles is 1. The lowest BCUT2D eigenvalue weighted by molar-refractivity contribution is 0.544. The number of hydrogen-bond acceptors (Lipinski definition) is 2. The van der Waals surface area contributed by atoms with E-state index in [2.05, 4.69) is 19.1 Å². The summed E-state index contributed by atoms with van der Waals surface area (Å²) in [4.78, 5) is 2.79. The molecule has 1 aromatic rings. The molecule has 2 rings (SSSR count). The number of fused-ring (bicyclic) bond motifs is 1. The summed E-state index contributed by atoms with van der Waals surface area (Å²) in [7, 11) is 0. The first-order valence-corrected chi connectivity index (χ1v) is 5.62. The minimum atomic E-state index is 0.592. The fourth-order valence-corrected chi connectivity index (χ4v) is 3.22. The van der Waals surface area contributed by atoms with Gasteiger partial charge in [0.1, 0.15) is 0 Å². The molecule has 1 unspecified atom stereocenters. The van der Waals surface area contributed by atoms with Gasteiger partial charge in [0.2, 0.25) is 0 Å². The molecule has 68 valence electrons. The monoisotopic (exact) mass is 191 g/mol. The van der Waals surface area contributed by atoms with Gasteiger partial charge in [-0.3, -0.25) is 0 Å². The first kappa shape index (κ1) is 8.77. The van der Waals surface area contributed by atoms with Crippen LogP contribution in [0.15, 0.2) is 6.07 Å². The van der Waals surface area contributed by atoms with Crippen LogP contribution in [0.3, 0.4) is 0 Å². The molecule has 13 heavy (non-hydrogen) atoms. The van der Waals surface area contributed by atoms with Crippen LogP contribution in [0.2, 0.25) is 0 Å². The second-order valence-corrected chi connectivity index (χ2v) is 4.90. The van der Waals surface area contributed by atoms with E-state index in [9.17, 15) is 0 Å². The van der Waals surface area contributed by atoms with Gasteiger partial charge in [0.15, 0.2) is 0 Å². The minimum absolute atomic E-state index is 0.592. The zero-order chi connectivity index (χ0) is 9.26. The van der Waals surface area contributed by atoms with E-state index in [0.717, 1.165) is 5.92 Å². The molecule has 0 aliphatic heterocycles. The molecule has 0 radical (unpaired) electrons. The fourth-order valence-electron chi connectivity index (χ4n) is 1.97. The molecule has 1 nitrogen and oxygen atoms in total. The van der Waals surface area contributed by atoms with Gasteiger partial charge in [0.05, 0.1) is 12.5 Å². The van der Waals surface area contributed by atoms with Gasteiger partial charge in [0.25, 0.3) is 0 Å². The lowest BCUT2D eigenvalue weighted by atomic mass is 10.0. The third-order valence-corrected chi connectivity index (χ3v) is 3.96. The molecule has 0 bridgehead atoms. The van der Waals surface area contributed by atoms with E-state index in [4.69, 9.17) is 5.26 Å². The zero-order valence-electron chi connectivity index (χ0n) is 7.84. The van der Waals surface area contributed by atoms with Crippen molar-refractivity contribution < 1.29 is 0 Å². The van der Waals surface area contributed by atoms with E-state index in [0.29, 0.717) is 6.42 Å². The van der Waals surface area contributed by atoms with Crippen LogP contribution < -0.4 is 0 Å². The summed E-state index contributed by atoms with van der Waals surface area (Å²) in [6.07, 6.45) is 4.37. The van der Waals surface area contributed by atoms with Crippen LogP contribution in [-0.2, 0) is 19.3 Å². The molecule has 0 aromatic carbocycles. The molecule has 0 saturated carbocycles. The van der Waals surface area contributed by atoms with Crippen molar-refractivity contribution >= 4 is 11.3 Å². The zero-order valence-corrected chi connectivity index (χ0v) is 8.66. The van der Waals surface area contributed by atoms with Crippen molar-refractivity contribution in [2.24, 2.45) is 5.92 Å². The van der Waals surface area contributed by atoms with Crippen molar-refractivity contribution in [3.63, 3.8) is 0 Å². The van der Waals surface area contributed by atoms with Crippen LogP contribution in [0.1, 0.15) is 28.7 Å². The standard InChI is InChI=1S/C11H13NS/c1-2-8-5-9-7-10(3-4-12)13-11(9)6-8/h7-8H,2-3,5-6H2,1H3. The third kappa shape index (κ3) is 1.62. The molecule has 1 atom stereocenters. The Morgan fingerprint density at radius 3 is 3.08 bits per heavy atom. The Bertz CT molecular complexity index is 322. The Morgan fingerprint density at radius 2 is 2.46 bits per heavy atom. The predicted molar refractivity (Wildman–Crippen MR) is 54.8 cm³/mol. The number of thiophene rings is 1. The molecule has 2 heteroatoms. The second kappa shape index (κ2) is 3.51. The van der Waals surface area contributed by atoms with Crippen molar-refractivity contribution in [3.8, 4) is 6.07 Å². The Hall–Kier alpha value is -0.810. The molecular weight excluding hydrogens is 178 g/mol. The number of hydrogen-bond donors (Lipinski definition) is 0. The third-order valence-electron chi connectivity index (χ3n) is 2.76. The molecular formula is C11H13NS. The first-order chi connectivity index (χ1) is 6.33. The van der Waals surface area contributed by atoms with Gasteiger partial charge in [-0.25, -0.2) is 0 Å². The van der Waals surface area contributed by atoms with Gasteiger partial charge in [-0.2, -0.15) is 5.26 Å². The SMILES string of the molecule is CCC1Cc2cc(CC#N)sc2C1. The van der Waals surface area contributed by atoms with Crippen LogP contribution >= 0.6 is 11.3 Å². The van der Waals surface area contributed by atoms with Crippen LogP contribution in [0.5, 0.6) is 0 Å². The largest absolute Gasteiger partial charge is 0.198 e. The van der Waals surface area contributed by atoms with Crippen molar-refractivity contribution in [1.82, 2.24) is 0 Å². The Morgan fingerprint density at radius 1 is 1.62 bits per heavy atom. The molecule has 1 aromatic heterocycles. The molecule has 0 fully saturated rings. The summed E-state index contributed by atoms with van der Waals surface area (Å²) in [6.45, 7) is 2.26. The predicted octanol–water partition coefficient (Wildman–Crippen LogP) is 2.94. The molecule has 0 spiro atoms. The minimum Gasteiger partial charge on any atom is -0.198 e. The van der Waals surface area contributed by atoms with Crippen molar-refractivity contribution in [1.29, 1.82) is 5.26 Å². The lowest BCUT2D eigenvalue weighted by Gasteiger charge is -2.02. The van der Waals surface area contributed by atoms with Crippen LogP contribution in [0.25, 0.3) is 0 Å². The summed E-state index contributed by atoms with van der Waals surface area (Å²) in [6, 6.07) is 4.44. The van der Waals surface area contributed by atoms with Crippen LogP contribution in [0.4, 0.5) is 0 Å². The van der Waals surface area contributed by atoms with Crippen molar-refractivity contribution in [2.75, 3.05) is 0 Å². The van der Waals surface area contributed by atoms with E-state index in [1.807, 2.05) is 11.3 Å². The average molecular weight is 191 g/mol. The lowest BCUT2D eigenvalue weighted by Crippen LogP contribution is -1.96.